The molecule has 2 rings (SSSR count). The number of rotatable bonds is 5. The van der Waals surface area contributed by atoms with Crippen LogP contribution in [0.1, 0.15) is 15.9 Å². The fourth-order valence-electron chi connectivity index (χ4n) is 1.98. The summed E-state index contributed by atoms with van der Waals surface area (Å²) in [6, 6.07) is 3.86. The largest absolute Gasteiger partial charge is 0.478 e. The summed E-state index contributed by atoms with van der Waals surface area (Å²) < 4.78 is 4.94. The number of nitrogens with zero attached hydrogens (tertiary/aromatic N) is 2. The zero-order valence-electron chi connectivity index (χ0n) is 10.9. The zero-order chi connectivity index (χ0) is 15.6. The van der Waals surface area contributed by atoms with Gasteiger partial charge in [-0.1, -0.05) is 11.6 Å². The first-order valence-corrected chi connectivity index (χ1v) is 6.21. The summed E-state index contributed by atoms with van der Waals surface area (Å²) in [4.78, 5) is 23.0. The minimum absolute atomic E-state index is 0.00703. The molecule has 1 heterocycles. The summed E-state index contributed by atoms with van der Waals surface area (Å²) in [6.45, 7) is 0.355. The summed E-state index contributed by atoms with van der Waals surface area (Å²) in [6.07, 6.45) is 3.02. The normalized spacial score (nSPS) is 10.4. The number of hydrogen-bond donors (Lipinski definition) is 1. The van der Waals surface area contributed by atoms with Crippen LogP contribution in [-0.2, 0) is 6.54 Å². The molecule has 0 aliphatic rings. The highest BCUT2D eigenvalue weighted by molar-refractivity contribution is 6.34. The number of anilines is 1. The van der Waals surface area contributed by atoms with Gasteiger partial charge >= 0.3 is 5.97 Å². The van der Waals surface area contributed by atoms with Crippen LogP contribution in [0.15, 0.2) is 35.1 Å². The molecule has 0 aliphatic carbocycles. The number of carboxylic acid groups (broad SMARTS) is 1. The van der Waals surface area contributed by atoms with Gasteiger partial charge in [0.05, 0.1) is 33.7 Å². The highest BCUT2D eigenvalue weighted by Crippen LogP contribution is 2.34. The van der Waals surface area contributed by atoms with Gasteiger partial charge < -0.3 is 14.4 Å². The Bertz CT molecular complexity index is 684. The Hall–Kier alpha value is -2.54. The monoisotopic (exact) mass is 310 g/mol. The minimum atomic E-state index is -1.28. The van der Waals surface area contributed by atoms with Crippen molar-refractivity contribution in [2.75, 3.05) is 11.9 Å². The number of furan rings is 1. The van der Waals surface area contributed by atoms with Crippen molar-refractivity contribution in [2.24, 2.45) is 0 Å². The third-order valence-corrected chi connectivity index (χ3v) is 3.16. The molecule has 8 heteroatoms. The van der Waals surface area contributed by atoms with E-state index in [-0.39, 0.29) is 22.0 Å². The van der Waals surface area contributed by atoms with Crippen LogP contribution in [-0.4, -0.2) is 23.0 Å². The average Bonchev–Trinajstić information content (AvgIpc) is 2.90. The SMILES string of the molecule is CN(Cc1ccoc1)c1c(Cl)cc([N+](=O)[O-])cc1C(=O)O. The molecule has 0 amide bonds. The Kier molecular flexibility index (Phi) is 4.13. The molecule has 1 aromatic heterocycles. The van der Waals surface area contributed by atoms with Crippen LogP contribution in [0.3, 0.4) is 0 Å². The average molecular weight is 311 g/mol. The van der Waals surface area contributed by atoms with Gasteiger partial charge in [0.15, 0.2) is 0 Å². The van der Waals surface area contributed by atoms with Crippen LogP contribution in [0, 0.1) is 10.1 Å². The molecule has 0 spiro atoms. The Morgan fingerprint density at radius 3 is 2.76 bits per heavy atom. The first kappa shape index (κ1) is 14.9. The van der Waals surface area contributed by atoms with Gasteiger partial charge in [-0.3, -0.25) is 10.1 Å². The van der Waals surface area contributed by atoms with E-state index in [0.29, 0.717) is 6.54 Å². The number of halogens is 1. The molecule has 0 unspecified atom stereocenters. The van der Waals surface area contributed by atoms with Crippen molar-refractivity contribution in [3.63, 3.8) is 0 Å². The molecular formula is C13H11ClN2O5. The zero-order valence-corrected chi connectivity index (χ0v) is 11.7. The van der Waals surface area contributed by atoms with Gasteiger partial charge in [0.2, 0.25) is 0 Å². The van der Waals surface area contributed by atoms with Crippen LogP contribution >= 0.6 is 11.6 Å². The van der Waals surface area contributed by atoms with Crippen molar-refractivity contribution in [3.8, 4) is 0 Å². The fraction of sp³-hybridized carbons (Fsp3) is 0.154. The second-order valence-electron chi connectivity index (χ2n) is 4.37. The maximum absolute atomic E-state index is 11.3. The number of benzene rings is 1. The summed E-state index contributed by atoms with van der Waals surface area (Å²) >= 11 is 6.02. The smallest absolute Gasteiger partial charge is 0.338 e. The summed E-state index contributed by atoms with van der Waals surface area (Å²) in [5.41, 5.74) is 0.456. The van der Waals surface area contributed by atoms with Crippen molar-refractivity contribution < 1.29 is 19.2 Å². The highest BCUT2D eigenvalue weighted by atomic mass is 35.5. The molecule has 0 bridgehead atoms. The molecule has 110 valence electrons. The predicted molar refractivity (Wildman–Crippen MR) is 75.9 cm³/mol. The molecule has 1 aromatic carbocycles. The topological polar surface area (TPSA) is 96.8 Å². The number of nitro groups is 1. The maximum atomic E-state index is 11.3. The van der Waals surface area contributed by atoms with Gasteiger partial charge in [-0.25, -0.2) is 4.79 Å². The summed E-state index contributed by atoms with van der Waals surface area (Å²) in [5, 5.41) is 20.0. The number of aromatic carboxylic acids is 1. The lowest BCUT2D eigenvalue weighted by Crippen LogP contribution is -2.20. The molecule has 7 nitrogen and oxygen atoms in total. The molecule has 21 heavy (non-hydrogen) atoms. The minimum Gasteiger partial charge on any atom is -0.478 e. The van der Waals surface area contributed by atoms with Crippen molar-refractivity contribution in [1.29, 1.82) is 0 Å². The standard InChI is InChI=1S/C13H11ClN2O5/c1-15(6-8-2-3-21-7-8)12-10(13(17)18)4-9(16(19)20)5-11(12)14/h2-5,7H,6H2,1H3,(H,17,18). The van der Waals surface area contributed by atoms with E-state index in [1.807, 2.05) is 0 Å². The highest BCUT2D eigenvalue weighted by Gasteiger charge is 2.22. The maximum Gasteiger partial charge on any atom is 0.338 e. The summed E-state index contributed by atoms with van der Waals surface area (Å²) in [5.74, 6) is -1.28. The lowest BCUT2D eigenvalue weighted by atomic mass is 10.1. The van der Waals surface area contributed by atoms with Gasteiger partial charge in [0, 0.05) is 31.3 Å². The van der Waals surface area contributed by atoms with Crippen LogP contribution in [0.2, 0.25) is 5.02 Å². The van der Waals surface area contributed by atoms with E-state index in [1.165, 1.54) is 12.5 Å². The van der Waals surface area contributed by atoms with Crippen molar-refractivity contribution in [1.82, 2.24) is 0 Å². The van der Waals surface area contributed by atoms with E-state index in [0.717, 1.165) is 17.7 Å². The van der Waals surface area contributed by atoms with E-state index in [1.54, 1.807) is 18.0 Å². The molecule has 2 aromatic rings. The lowest BCUT2D eigenvalue weighted by Gasteiger charge is -2.21. The van der Waals surface area contributed by atoms with Crippen molar-refractivity contribution >= 4 is 28.9 Å². The molecule has 0 saturated carbocycles. The quantitative estimate of drug-likeness (QED) is 0.673. The second kappa shape index (κ2) is 5.84. The third kappa shape index (κ3) is 3.14. The number of carboxylic acids is 1. The fourth-order valence-corrected chi connectivity index (χ4v) is 2.33. The Morgan fingerprint density at radius 1 is 1.52 bits per heavy atom. The molecule has 0 radical (unpaired) electrons. The van der Waals surface area contributed by atoms with E-state index >= 15 is 0 Å². The van der Waals surface area contributed by atoms with E-state index in [9.17, 15) is 20.0 Å². The van der Waals surface area contributed by atoms with Gasteiger partial charge in [-0.15, -0.1) is 0 Å². The first-order valence-electron chi connectivity index (χ1n) is 5.83. The number of hydrogen-bond acceptors (Lipinski definition) is 5. The molecule has 0 saturated heterocycles. The van der Waals surface area contributed by atoms with Crippen molar-refractivity contribution in [2.45, 2.75) is 6.54 Å². The van der Waals surface area contributed by atoms with E-state index in [4.69, 9.17) is 16.0 Å². The van der Waals surface area contributed by atoms with Crippen molar-refractivity contribution in [3.05, 3.63) is 57.0 Å². The van der Waals surface area contributed by atoms with Gasteiger partial charge in [0.1, 0.15) is 0 Å². The molecule has 1 N–H and O–H groups in total. The van der Waals surface area contributed by atoms with Crippen LogP contribution in [0.25, 0.3) is 0 Å². The molecule has 0 fully saturated rings. The van der Waals surface area contributed by atoms with Gasteiger partial charge in [-0.2, -0.15) is 0 Å². The molecule has 0 atom stereocenters. The predicted octanol–water partition coefficient (Wildman–Crippen LogP) is 3.18. The number of carbonyl (C=O) groups is 1. The molecular weight excluding hydrogens is 300 g/mol. The van der Waals surface area contributed by atoms with E-state index in [2.05, 4.69) is 0 Å². The van der Waals surface area contributed by atoms with Gasteiger partial charge in [0.25, 0.3) is 5.69 Å². The second-order valence-corrected chi connectivity index (χ2v) is 4.78. The number of non-ortho nitro benzene ring substituents is 1. The number of nitro benzene ring substituents is 1. The Morgan fingerprint density at radius 2 is 2.24 bits per heavy atom. The van der Waals surface area contributed by atoms with E-state index < -0.39 is 10.9 Å². The third-order valence-electron chi connectivity index (χ3n) is 2.87. The van der Waals surface area contributed by atoms with Crippen LogP contribution in [0.4, 0.5) is 11.4 Å². The summed E-state index contributed by atoms with van der Waals surface area (Å²) in [7, 11) is 1.65. The molecule has 0 aliphatic heterocycles. The Balaban J connectivity index is 2.46. The van der Waals surface area contributed by atoms with Gasteiger partial charge in [-0.05, 0) is 6.07 Å². The van der Waals surface area contributed by atoms with Crippen LogP contribution < -0.4 is 4.90 Å². The first-order chi connectivity index (χ1) is 9.90. The van der Waals surface area contributed by atoms with Crippen LogP contribution in [0.5, 0.6) is 0 Å². The lowest BCUT2D eigenvalue weighted by molar-refractivity contribution is -0.384. The Labute approximate surface area is 124 Å².